The van der Waals surface area contributed by atoms with E-state index in [1.807, 2.05) is 32.8 Å². The van der Waals surface area contributed by atoms with Gasteiger partial charge in [0.1, 0.15) is 35.8 Å². The Labute approximate surface area is 336 Å². The number of cyclic esters (lactones) is 1. The number of aliphatic hydroxyl groups is 2. The van der Waals surface area contributed by atoms with E-state index >= 15 is 0 Å². The van der Waals surface area contributed by atoms with Crippen LogP contribution in [0.15, 0.2) is 28.9 Å². The van der Waals surface area contributed by atoms with Crippen LogP contribution in [0, 0.1) is 35.5 Å². The van der Waals surface area contributed by atoms with Crippen LogP contribution < -0.4 is 0 Å². The number of Topliss-reactive ketones (excluding diaryl/α,β-unsaturated/α-hetero) is 1. The van der Waals surface area contributed by atoms with Crippen molar-refractivity contribution in [3.8, 4) is 11.8 Å². The molecule has 2 bridgehead atoms. The van der Waals surface area contributed by atoms with Gasteiger partial charge in [0.05, 0.1) is 42.7 Å². The molecule has 4 heterocycles. The Morgan fingerprint density at radius 1 is 1.09 bits per heavy atom. The lowest BCUT2D eigenvalue weighted by Gasteiger charge is -2.47. The maximum atomic E-state index is 14.4. The van der Waals surface area contributed by atoms with Gasteiger partial charge in [0.15, 0.2) is 18.7 Å². The van der Waals surface area contributed by atoms with Crippen molar-refractivity contribution in [2.24, 2.45) is 33.8 Å². The molecule has 316 valence electrons. The number of hydrogen-bond donors (Lipinski definition) is 2. The van der Waals surface area contributed by atoms with E-state index in [-0.39, 0.29) is 50.5 Å². The molecule has 57 heavy (non-hydrogen) atoms. The van der Waals surface area contributed by atoms with Gasteiger partial charge in [-0.1, -0.05) is 44.7 Å². The Morgan fingerprint density at radius 3 is 2.40 bits per heavy atom. The molecule has 1 aromatic heterocycles. The summed E-state index contributed by atoms with van der Waals surface area (Å²) in [4.78, 5) is 60.9. The van der Waals surface area contributed by atoms with Gasteiger partial charge in [-0.05, 0) is 67.0 Å². The summed E-state index contributed by atoms with van der Waals surface area (Å²) in [5.41, 5.74) is -2.00. The number of aromatic nitrogens is 2. The molecular weight excluding hydrogens is 738 g/mol. The highest BCUT2D eigenvalue weighted by atomic mass is 16.7. The smallest absolute Gasteiger partial charge is 0.316 e. The molecule has 1 amide bonds. The predicted octanol–water partition coefficient (Wildman–Crippen LogP) is 2.76. The van der Waals surface area contributed by atoms with E-state index < -0.39 is 83.2 Å². The van der Waals surface area contributed by atoms with Crippen LogP contribution in [-0.4, -0.2) is 142 Å². The van der Waals surface area contributed by atoms with E-state index in [1.165, 1.54) is 27.1 Å². The average Bonchev–Trinajstić information content (AvgIpc) is 3.17. The number of amides is 1. The van der Waals surface area contributed by atoms with Crippen LogP contribution in [0.2, 0.25) is 0 Å². The molecule has 4 rings (SSSR count). The van der Waals surface area contributed by atoms with Gasteiger partial charge in [-0.3, -0.25) is 14.4 Å². The first-order valence-corrected chi connectivity index (χ1v) is 19.7. The third-order valence-corrected chi connectivity index (χ3v) is 11.2. The normalized spacial score (nSPS) is 38.7. The molecular formula is C41H61N5O11. The quantitative estimate of drug-likeness (QED) is 0.140. The van der Waals surface area contributed by atoms with E-state index in [0.717, 1.165) is 0 Å². The summed E-state index contributed by atoms with van der Waals surface area (Å²) < 4.78 is 32.2. The van der Waals surface area contributed by atoms with Crippen LogP contribution in [-0.2, 0) is 42.9 Å². The van der Waals surface area contributed by atoms with Gasteiger partial charge in [-0.15, -0.1) is 0 Å². The molecule has 3 fully saturated rings. The minimum Gasteiger partial charge on any atom is -0.459 e. The number of ether oxygens (including phenoxy) is 5. The highest BCUT2D eigenvalue weighted by Crippen LogP contribution is 2.40. The van der Waals surface area contributed by atoms with Gasteiger partial charge in [-0.2, -0.15) is 0 Å². The van der Waals surface area contributed by atoms with Crippen molar-refractivity contribution in [1.29, 1.82) is 0 Å². The molecule has 16 nitrogen and oxygen atoms in total. The van der Waals surface area contributed by atoms with Gasteiger partial charge in [0.2, 0.25) is 5.91 Å². The molecule has 3 aliphatic heterocycles. The second-order valence-corrected chi connectivity index (χ2v) is 16.2. The second-order valence-electron chi connectivity index (χ2n) is 16.2. The first-order chi connectivity index (χ1) is 26.8. The Hall–Kier alpha value is -3.69. The maximum Gasteiger partial charge on any atom is 0.316 e. The van der Waals surface area contributed by atoms with Crippen molar-refractivity contribution in [1.82, 2.24) is 14.9 Å². The van der Waals surface area contributed by atoms with Gasteiger partial charge in [0.25, 0.3) is 0 Å². The molecule has 2 N–H and O–H groups in total. The summed E-state index contributed by atoms with van der Waals surface area (Å²) in [6, 6.07) is -0.325. The van der Waals surface area contributed by atoms with E-state index in [9.17, 15) is 24.6 Å². The van der Waals surface area contributed by atoms with Crippen LogP contribution in [0.4, 0.5) is 0 Å². The number of carbonyl (C=O) groups excluding carboxylic acids is 3. The topological polar surface area (TPSA) is 201 Å². The zero-order chi connectivity index (χ0) is 42.2. The zero-order valence-corrected chi connectivity index (χ0v) is 35.1. The second kappa shape index (κ2) is 19.8. The lowest BCUT2D eigenvalue weighted by atomic mass is 9.73. The highest BCUT2D eigenvalue weighted by molar-refractivity contribution is 6.00. The SMILES string of the molecule is CC[C@H]1OC(=O)[C@H](C)C(=O)[C@H](C)[C@@H](O[C@@H]2O[C@H](C)C[C@H](N(C)C)[C@H]2O)[C@@]2(C)C[C@@H](C)C(=NC(C)=O)[C@H](C)[C@@H](OC/C(=N\OCC#Cc3cncnc3)CO2)[C@]1(C)O. The fourth-order valence-electron chi connectivity index (χ4n) is 8.26. The van der Waals surface area contributed by atoms with Crippen molar-refractivity contribution in [3.05, 3.63) is 24.3 Å². The molecule has 13 atom stereocenters. The number of rotatable bonds is 6. The standard InChI is InChI=1S/C41H61N5O11/c1-12-32-41(9,51)37-25(4)33(44-28(7)47)23(2)17-40(8,53-21-30(20-52-37)45-54-15-13-14-29-18-42-22-43-19-29)36(26(5)34(48)27(6)38(50)56-32)57-39-35(49)31(46(10)11)16-24(3)55-39/h18-19,22-27,31-32,35-37,39,49,51H,12,15-17,20-21H2,1-11H3/b44-33?,45-30+/t23-,24-,25+,26+,27-,31+,32-,35-,36-,37-,39+,40-,41-/m1/s1. The first kappa shape index (κ1) is 46.0. The number of aliphatic imine (C=N–C) groups is 1. The van der Waals surface area contributed by atoms with Crippen molar-refractivity contribution in [3.63, 3.8) is 0 Å². The Kier molecular flexibility index (Phi) is 16.0. The van der Waals surface area contributed by atoms with Crippen molar-refractivity contribution in [2.75, 3.05) is 33.9 Å². The predicted molar refractivity (Wildman–Crippen MR) is 209 cm³/mol. The van der Waals surface area contributed by atoms with E-state index in [1.54, 1.807) is 40.1 Å². The van der Waals surface area contributed by atoms with Gasteiger partial charge < -0.3 is 43.6 Å². The summed E-state index contributed by atoms with van der Waals surface area (Å²) in [5.74, 6) is 0.417. The lowest BCUT2D eigenvalue weighted by molar-refractivity contribution is -0.296. The minimum absolute atomic E-state index is 0.106. The number of nitrogens with zero attached hydrogens (tertiary/aromatic N) is 5. The van der Waals surface area contributed by atoms with Crippen LogP contribution in [0.1, 0.15) is 87.1 Å². The van der Waals surface area contributed by atoms with Crippen molar-refractivity contribution < 1.29 is 53.1 Å². The number of oxime groups is 1. The van der Waals surface area contributed by atoms with Crippen LogP contribution >= 0.6 is 0 Å². The number of hydrogen-bond acceptors (Lipinski definition) is 15. The third-order valence-electron chi connectivity index (χ3n) is 11.2. The van der Waals surface area contributed by atoms with Crippen molar-refractivity contribution in [2.45, 2.75) is 136 Å². The maximum absolute atomic E-state index is 14.4. The van der Waals surface area contributed by atoms with Gasteiger partial charge >= 0.3 is 5.97 Å². The van der Waals surface area contributed by atoms with E-state index in [0.29, 0.717) is 17.7 Å². The zero-order valence-electron chi connectivity index (χ0n) is 35.1. The molecule has 0 spiro atoms. The summed E-state index contributed by atoms with van der Waals surface area (Å²) in [6.07, 6.45) is -0.614. The number of carbonyl (C=O) groups is 3. The third kappa shape index (κ3) is 11.3. The highest BCUT2D eigenvalue weighted by Gasteiger charge is 2.53. The lowest BCUT2D eigenvalue weighted by Crippen LogP contribution is -2.60. The molecule has 0 saturated carbocycles. The largest absolute Gasteiger partial charge is 0.459 e. The Bertz CT molecular complexity index is 1680. The molecule has 0 radical (unpaired) electrons. The van der Waals surface area contributed by atoms with Gasteiger partial charge in [0, 0.05) is 42.9 Å². The first-order valence-electron chi connectivity index (χ1n) is 19.7. The number of fused-ring (bicyclic) bond motifs is 5. The monoisotopic (exact) mass is 799 g/mol. The summed E-state index contributed by atoms with van der Waals surface area (Å²) in [6.45, 7) is 14.5. The molecule has 3 aliphatic rings. The summed E-state index contributed by atoms with van der Waals surface area (Å²) >= 11 is 0. The van der Waals surface area contributed by atoms with Gasteiger partial charge in [-0.25, -0.2) is 15.0 Å². The number of likely N-dealkylation sites (N-methyl/N-ethyl adjacent to an activating group) is 1. The Balaban J connectivity index is 1.91. The molecule has 0 aromatic carbocycles. The fourth-order valence-corrected chi connectivity index (χ4v) is 8.26. The van der Waals surface area contributed by atoms with E-state index in [4.69, 9.17) is 28.5 Å². The van der Waals surface area contributed by atoms with Crippen LogP contribution in [0.5, 0.6) is 0 Å². The van der Waals surface area contributed by atoms with Crippen LogP contribution in [0.3, 0.4) is 0 Å². The number of ketones is 1. The van der Waals surface area contributed by atoms with Crippen molar-refractivity contribution >= 4 is 29.1 Å². The average molecular weight is 800 g/mol. The fraction of sp³-hybridized carbons (Fsp3) is 0.732. The number of aliphatic hydroxyl groups excluding tert-OH is 1. The Morgan fingerprint density at radius 2 is 1.77 bits per heavy atom. The molecule has 0 unspecified atom stereocenters. The molecule has 1 aromatic rings. The number of esters is 1. The van der Waals surface area contributed by atoms with Crippen LogP contribution in [0.25, 0.3) is 0 Å². The summed E-state index contributed by atoms with van der Waals surface area (Å²) in [5, 5.41) is 28.3. The molecule has 3 saturated heterocycles. The summed E-state index contributed by atoms with van der Waals surface area (Å²) in [7, 11) is 3.72. The van der Waals surface area contributed by atoms with E-state index in [2.05, 4.69) is 32.0 Å². The molecule has 0 aliphatic carbocycles. The minimum atomic E-state index is -1.85. The molecule has 16 heteroatoms.